The van der Waals surface area contributed by atoms with Crippen molar-refractivity contribution in [3.05, 3.63) is 0 Å². The van der Waals surface area contributed by atoms with Crippen LogP contribution >= 0.6 is 0 Å². The fourth-order valence-electron chi connectivity index (χ4n) is 0.397. The minimum atomic E-state index is -3.95. The number of hydrogen-bond acceptors (Lipinski definition) is 4. The van der Waals surface area contributed by atoms with E-state index in [0.29, 0.717) is 0 Å². The molecule has 0 aliphatic heterocycles. The fourth-order valence-corrected chi connectivity index (χ4v) is 2.07. The number of nitrogens with two attached hydrogens (primary N) is 1. The summed E-state index contributed by atoms with van der Waals surface area (Å²) in [5, 5.41) is 7.73. The topological polar surface area (TPSA) is 97.5 Å². The van der Waals surface area contributed by atoms with Gasteiger partial charge in [-0.15, -0.1) is 0 Å². The molecule has 0 saturated carbocycles. The molecule has 1 unspecified atom stereocenters. The van der Waals surface area contributed by atoms with Crippen LogP contribution in [0.15, 0.2) is 0 Å². The Morgan fingerprint density at radius 1 is 1.70 bits per heavy atom. The van der Waals surface area contributed by atoms with Gasteiger partial charge in [0.1, 0.15) is 0 Å². The van der Waals surface area contributed by atoms with E-state index in [1.165, 1.54) is 0 Å². The van der Waals surface area contributed by atoms with Crippen LogP contribution in [-0.2, 0) is 12.5 Å². The average Bonchev–Trinajstić information content (AvgIpc) is 1.60. The van der Waals surface area contributed by atoms with Crippen molar-refractivity contribution in [2.75, 3.05) is 0 Å². The quantitative estimate of drug-likeness (QED) is 0.607. The molecular formula is C4H9NO4Se. The van der Waals surface area contributed by atoms with Crippen LogP contribution in [0, 0.1) is 0 Å². The van der Waals surface area contributed by atoms with Crippen LogP contribution in [0.2, 0.25) is 11.1 Å². The van der Waals surface area contributed by atoms with E-state index >= 15 is 0 Å². The number of carboxylic acid groups (broad SMARTS) is 1. The monoisotopic (exact) mass is 215 g/mol. The molecule has 3 N–H and O–H groups in total. The molecule has 0 aromatic carbocycles. The second kappa shape index (κ2) is 3.09. The van der Waals surface area contributed by atoms with Gasteiger partial charge in [-0.05, 0) is 0 Å². The average molecular weight is 214 g/mol. The third-order valence-electron chi connectivity index (χ3n) is 0.800. The maximum atomic E-state index is 10.5. The first-order valence-corrected chi connectivity index (χ1v) is 6.81. The molecule has 0 fully saturated rings. The van der Waals surface area contributed by atoms with Gasteiger partial charge in [0, 0.05) is 0 Å². The van der Waals surface area contributed by atoms with Crippen molar-refractivity contribution in [2.24, 2.45) is 5.73 Å². The summed E-state index contributed by atoms with van der Waals surface area (Å²) in [7, 11) is 0. The second-order valence-corrected chi connectivity index (χ2v) is 6.62. The van der Waals surface area contributed by atoms with Crippen LogP contribution in [0.3, 0.4) is 0 Å². The van der Waals surface area contributed by atoms with Crippen molar-refractivity contribution in [3.8, 4) is 0 Å². The number of carbonyl (C=O) groups is 1. The zero-order valence-electron chi connectivity index (χ0n) is 5.44. The van der Waals surface area contributed by atoms with Crippen molar-refractivity contribution >= 4 is 18.7 Å². The van der Waals surface area contributed by atoms with E-state index < -0.39 is 30.0 Å². The van der Waals surface area contributed by atoms with Crippen LogP contribution in [0.4, 0.5) is 0 Å². The van der Waals surface area contributed by atoms with Gasteiger partial charge in [-0.2, -0.15) is 0 Å². The fraction of sp³-hybridized carbons (Fsp3) is 0.750. The molecule has 0 aliphatic carbocycles. The standard InChI is InChI=1S/C4H9NO4Se/c1-10(8,9)2-3(5)4(6)7/h3H,2,5H2,1H3,(H,6,7). The number of carboxylic acids is 1. The summed E-state index contributed by atoms with van der Waals surface area (Å²) in [5.74, 6) is -0.269. The van der Waals surface area contributed by atoms with Gasteiger partial charge in [-0.3, -0.25) is 0 Å². The molecule has 10 heavy (non-hydrogen) atoms. The van der Waals surface area contributed by atoms with Gasteiger partial charge < -0.3 is 0 Å². The third kappa shape index (κ3) is 4.43. The molecule has 0 saturated heterocycles. The summed E-state index contributed by atoms with van der Waals surface area (Å²) in [6.45, 7) is 0. The molecular weight excluding hydrogens is 205 g/mol. The van der Waals surface area contributed by atoms with E-state index in [1.807, 2.05) is 0 Å². The summed E-state index contributed by atoms with van der Waals surface area (Å²) < 4.78 is 21.0. The molecule has 0 spiro atoms. The molecule has 0 aromatic heterocycles. The summed E-state index contributed by atoms with van der Waals surface area (Å²) >= 11 is -3.95. The predicted octanol–water partition coefficient (Wildman–Crippen LogP) is -0.669. The Morgan fingerprint density at radius 3 is 2.20 bits per heavy atom. The molecule has 6 heteroatoms. The van der Waals surface area contributed by atoms with Crippen molar-refractivity contribution in [2.45, 2.75) is 17.2 Å². The zero-order chi connectivity index (χ0) is 8.36. The minimum absolute atomic E-state index is 0.439. The van der Waals surface area contributed by atoms with Gasteiger partial charge in [-0.25, -0.2) is 0 Å². The van der Waals surface area contributed by atoms with Crippen LogP contribution < -0.4 is 5.73 Å². The summed E-state index contributed by atoms with van der Waals surface area (Å²) in [6, 6.07) is -1.28. The molecule has 60 valence electrons. The molecule has 0 radical (unpaired) electrons. The van der Waals surface area contributed by atoms with Crippen molar-refractivity contribution < 1.29 is 17.6 Å². The first kappa shape index (κ1) is 9.55. The van der Waals surface area contributed by atoms with E-state index in [9.17, 15) is 12.5 Å². The normalized spacial score (nSPS) is 14.6. The van der Waals surface area contributed by atoms with Crippen LogP contribution in [-0.4, -0.2) is 29.8 Å². The van der Waals surface area contributed by atoms with Crippen LogP contribution in [0.25, 0.3) is 0 Å². The second-order valence-electron chi connectivity index (χ2n) is 2.04. The summed E-state index contributed by atoms with van der Waals surface area (Å²) in [4.78, 5) is 10.00. The van der Waals surface area contributed by atoms with Crippen molar-refractivity contribution in [1.82, 2.24) is 0 Å². The van der Waals surface area contributed by atoms with Crippen molar-refractivity contribution in [3.63, 3.8) is 0 Å². The van der Waals surface area contributed by atoms with E-state index in [0.717, 1.165) is 5.82 Å². The van der Waals surface area contributed by atoms with E-state index in [4.69, 9.17) is 10.8 Å². The Morgan fingerprint density at radius 2 is 2.10 bits per heavy atom. The molecule has 0 rings (SSSR count). The maximum absolute atomic E-state index is 10.5. The molecule has 0 aliphatic rings. The third-order valence-corrected chi connectivity index (χ3v) is 2.82. The molecule has 0 heterocycles. The molecule has 1 atom stereocenters. The van der Waals surface area contributed by atoms with Gasteiger partial charge in [0.15, 0.2) is 0 Å². The first-order valence-electron chi connectivity index (χ1n) is 2.49. The van der Waals surface area contributed by atoms with Gasteiger partial charge in [0.25, 0.3) is 0 Å². The Balaban J connectivity index is 4.06. The van der Waals surface area contributed by atoms with Gasteiger partial charge >= 0.3 is 59.2 Å². The number of aliphatic carboxylic acids is 1. The van der Waals surface area contributed by atoms with Crippen LogP contribution in [0.1, 0.15) is 0 Å². The van der Waals surface area contributed by atoms with Gasteiger partial charge in [0.05, 0.1) is 0 Å². The zero-order valence-corrected chi connectivity index (χ0v) is 7.16. The Labute approximate surface area is 59.8 Å². The number of rotatable bonds is 3. The molecule has 0 bridgehead atoms. The van der Waals surface area contributed by atoms with E-state index in [2.05, 4.69) is 0 Å². The van der Waals surface area contributed by atoms with Gasteiger partial charge in [-0.1, -0.05) is 0 Å². The van der Waals surface area contributed by atoms with Crippen molar-refractivity contribution in [1.29, 1.82) is 0 Å². The Hall–Kier alpha value is -0.451. The summed E-state index contributed by atoms with van der Waals surface area (Å²) in [5.41, 5.74) is 4.94. The Kier molecular flexibility index (Phi) is 2.95. The SMILES string of the molecule is C[Se](=O)(=O)CC(N)C(=O)O. The molecule has 0 aromatic rings. The Bertz CT molecular complexity index is 219. The van der Waals surface area contributed by atoms with E-state index in [-0.39, 0.29) is 0 Å². The summed E-state index contributed by atoms with van der Waals surface area (Å²) in [6.07, 6.45) is 0. The van der Waals surface area contributed by atoms with Gasteiger partial charge in [0.2, 0.25) is 0 Å². The number of hydrogen-bond donors (Lipinski definition) is 2. The predicted molar refractivity (Wildman–Crippen MR) is 33.4 cm³/mol. The van der Waals surface area contributed by atoms with E-state index in [1.54, 1.807) is 0 Å². The first-order chi connectivity index (χ1) is 4.33. The molecule has 5 nitrogen and oxygen atoms in total. The molecule has 0 amide bonds. The van der Waals surface area contributed by atoms with Crippen LogP contribution in [0.5, 0.6) is 0 Å².